The van der Waals surface area contributed by atoms with Crippen LogP contribution >= 0.6 is 23.5 Å². The lowest BCUT2D eigenvalue weighted by molar-refractivity contribution is 0.280. The van der Waals surface area contributed by atoms with E-state index in [0.717, 1.165) is 0 Å². The molecule has 0 saturated carbocycles. The second kappa shape index (κ2) is 6.31. The molecule has 15 heavy (non-hydrogen) atoms. The van der Waals surface area contributed by atoms with Crippen molar-refractivity contribution < 1.29 is 13.6 Å². The zero-order chi connectivity index (χ0) is 11.1. The molecule has 0 heterocycles. The van der Waals surface area contributed by atoms with E-state index in [9.17, 15) is 4.57 Å². The molecule has 0 bridgehead atoms. The zero-order valence-electron chi connectivity index (χ0n) is 8.56. The first-order valence-electron chi connectivity index (χ1n) is 4.74. The van der Waals surface area contributed by atoms with E-state index in [4.69, 9.17) is 9.05 Å². The van der Waals surface area contributed by atoms with Crippen LogP contribution in [0.4, 0.5) is 0 Å². The average molecular weight is 293 g/mol. The molecule has 0 aliphatic rings. The van der Waals surface area contributed by atoms with Gasteiger partial charge in [0.15, 0.2) is 0 Å². The van der Waals surface area contributed by atoms with Crippen molar-refractivity contribution in [1.29, 1.82) is 0 Å². The molecule has 1 aromatic rings. The summed E-state index contributed by atoms with van der Waals surface area (Å²) in [5, 5.41) is 0.594. The quantitative estimate of drug-likeness (QED) is 0.592. The maximum absolute atomic E-state index is 12.1. The normalized spacial score (nSPS) is 14.5. The summed E-state index contributed by atoms with van der Waals surface area (Å²) < 4.78 is 22.7. The minimum Gasteiger partial charge on any atom is -0.424 e. The number of para-hydroxylation sites is 1. The predicted octanol–water partition coefficient (Wildman–Crippen LogP) is 3.69. The van der Waals surface area contributed by atoms with E-state index < -0.39 is 7.60 Å². The van der Waals surface area contributed by atoms with E-state index in [0.29, 0.717) is 23.8 Å². The van der Waals surface area contributed by atoms with Crippen molar-refractivity contribution in [3.63, 3.8) is 0 Å². The summed E-state index contributed by atoms with van der Waals surface area (Å²) >= 11 is 3.24. The Balaban J connectivity index is 2.71. The topological polar surface area (TPSA) is 35.5 Å². The van der Waals surface area contributed by atoms with E-state index in [-0.39, 0.29) is 0 Å². The second-order valence-corrected chi connectivity index (χ2v) is 5.75. The summed E-state index contributed by atoms with van der Waals surface area (Å²) in [6.45, 7) is 2.19. The first kappa shape index (κ1) is 12.8. The van der Waals surface area contributed by atoms with Gasteiger partial charge in [0, 0.05) is 5.33 Å². The highest BCUT2D eigenvalue weighted by Crippen LogP contribution is 2.48. The third-order valence-corrected chi connectivity index (χ3v) is 4.59. The summed E-state index contributed by atoms with van der Waals surface area (Å²) in [7, 11) is -2.99. The first-order valence-corrected chi connectivity index (χ1v) is 7.59. The fourth-order valence-electron chi connectivity index (χ4n) is 1.08. The fourth-order valence-corrected chi connectivity index (χ4v) is 3.70. The molecule has 0 N–H and O–H groups in total. The van der Waals surface area contributed by atoms with Gasteiger partial charge in [0.2, 0.25) is 0 Å². The van der Waals surface area contributed by atoms with Crippen molar-refractivity contribution >= 4 is 23.5 Å². The highest BCUT2D eigenvalue weighted by molar-refractivity contribution is 9.09. The molecule has 84 valence electrons. The van der Waals surface area contributed by atoms with Crippen LogP contribution in [0.2, 0.25) is 0 Å². The lowest BCUT2D eigenvalue weighted by Crippen LogP contribution is -2.03. The number of rotatable bonds is 6. The van der Waals surface area contributed by atoms with Crippen LogP contribution in [0.5, 0.6) is 5.75 Å². The molecule has 0 amide bonds. The van der Waals surface area contributed by atoms with Gasteiger partial charge < -0.3 is 9.05 Å². The molecule has 1 aromatic carbocycles. The molecular formula is C10H14BrO3P. The first-order chi connectivity index (χ1) is 7.20. The number of hydrogen-bond acceptors (Lipinski definition) is 3. The van der Waals surface area contributed by atoms with E-state index in [1.165, 1.54) is 0 Å². The summed E-state index contributed by atoms with van der Waals surface area (Å²) in [6.07, 6.45) is 0.371. The van der Waals surface area contributed by atoms with Crippen molar-refractivity contribution in [2.75, 3.05) is 18.1 Å². The summed E-state index contributed by atoms with van der Waals surface area (Å²) in [6, 6.07) is 9.07. The Hall–Kier alpha value is -0.310. The molecule has 0 aliphatic heterocycles. The molecule has 0 fully saturated rings. The van der Waals surface area contributed by atoms with Gasteiger partial charge in [-0.2, -0.15) is 0 Å². The van der Waals surface area contributed by atoms with Gasteiger partial charge >= 0.3 is 7.60 Å². The van der Waals surface area contributed by atoms with Crippen LogP contribution in [0.25, 0.3) is 0 Å². The van der Waals surface area contributed by atoms with Crippen LogP contribution in [0.1, 0.15) is 6.92 Å². The predicted molar refractivity (Wildman–Crippen MR) is 65.0 cm³/mol. The number of benzene rings is 1. The highest BCUT2D eigenvalue weighted by atomic mass is 79.9. The van der Waals surface area contributed by atoms with Gasteiger partial charge in [0.05, 0.1) is 12.8 Å². The van der Waals surface area contributed by atoms with Gasteiger partial charge in [-0.25, -0.2) is 4.57 Å². The molecule has 0 aromatic heterocycles. The van der Waals surface area contributed by atoms with Crippen molar-refractivity contribution in [2.24, 2.45) is 0 Å². The molecule has 0 unspecified atom stereocenters. The third kappa shape index (κ3) is 4.37. The smallest absolute Gasteiger partial charge is 0.380 e. The van der Waals surface area contributed by atoms with Crippen LogP contribution in [-0.4, -0.2) is 18.1 Å². The maximum Gasteiger partial charge on any atom is 0.380 e. The van der Waals surface area contributed by atoms with Gasteiger partial charge in [-0.3, -0.25) is 0 Å². The molecule has 5 heteroatoms. The molecule has 0 aliphatic carbocycles. The lowest BCUT2D eigenvalue weighted by atomic mass is 10.3. The Bertz CT molecular complexity index is 319. The standard InChI is InChI=1S/C10H14BrO3P/c1-2-13-15(12,9-8-11)14-10-6-4-3-5-7-10/h3-7H,2,8-9H2,1H3/t15-/m1/s1. The van der Waals surface area contributed by atoms with Crippen LogP contribution < -0.4 is 4.52 Å². The van der Waals surface area contributed by atoms with Crippen molar-refractivity contribution in [1.82, 2.24) is 0 Å². The molecule has 1 rings (SSSR count). The molecule has 1 atom stereocenters. The average Bonchev–Trinajstić information content (AvgIpc) is 2.19. The van der Waals surface area contributed by atoms with Gasteiger partial charge in [-0.05, 0) is 19.1 Å². The molecular weight excluding hydrogens is 279 g/mol. The van der Waals surface area contributed by atoms with Gasteiger partial charge in [-0.15, -0.1) is 0 Å². The Morgan fingerprint density at radius 2 is 2.00 bits per heavy atom. The Kier molecular flexibility index (Phi) is 5.37. The maximum atomic E-state index is 12.1. The van der Waals surface area contributed by atoms with Gasteiger partial charge in [-0.1, -0.05) is 34.1 Å². The SMILES string of the molecule is CCO[P@](=O)(CCBr)Oc1ccccc1. The second-order valence-electron chi connectivity index (χ2n) is 2.85. The summed E-state index contributed by atoms with van der Waals surface area (Å²) in [4.78, 5) is 0. The minimum absolute atomic E-state index is 0.371. The lowest BCUT2D eigenvalue weighted by Gasteiger charge is -2.17. The fraction of sp³-hybridized carbons (Fsp3) is 0.400. The number of hydrogen-bond donors (Lipinski definition) is 0. The van der Waals surface area contributed by atoms with Crippen LogP contribution in [0.15, 0.2) is 30.3 Å². The van der Waals surface area contributed by atoms with E-state index in [2.05, 4.69) is 15.9 Å². The van der Waals surface area contributed by atoms with Crippen molar-refractivity contribution in [2.45, 2.75) is 6.92 Å². The Labute approximate surface area is 98.4 Å². The Morgan fingerprint density at radius 1 is 1.33 bits per heavy atom. The minimum atomic E-state index is -2.99. The van der Waals surface area contributed by atoms with E-state index in [1.54, 1.807) is 19.1 Å². The Morgan fingerprint density at radius 3 is 2.53 bits per heavy atom. The third-order valence-electron chi connectivity index (χ3n) is 1.67. The van der Waals surface area contributed by atoms with Crippen LogP contribution in [-0.2, 0) is 9.09 Å². The van der Waals surface area contributed by atoms with E-state index in [1.807, 2.05) is 18.2 Å². The molecule has 0 saturated heterocycles. The van der Waals surface area contributed by atoms with Gasteiger partial charge in [0.1, 0.15) is 5.75 Å². The molecule has 3 nitrogen and oxygen atoms in total. The van der Waals surface area contributed by atoms with Gasteiger partial charge in [0.25, 0.3) is 0 Å². The monoisotopic (exact) mass is 292 g/mol. The largest absolute Gasteiger partial charge is 0.424 e. The summed E-state index contributed by atoms with van der Waals surface area (Å²) in [5.74, 6) is 0.579. The molecule has 0 spiro atoms. The van der Waals surface area contributed by atoms with Crippen molar-refractivity contribution in [3.8, 4) is 5.75 Å². The van der Waals surface area contributed by atoms with Crippen LogP contribution in [0, 0.1) is 0 Å². The number of alkyl halides is 1. The summed E-state index contributed by atoms with van der Waals surface area (Å²) in [5.41, 5.74) is 0. The van der Waals surface area contributed by atoms with Crippen molar-refractivity contribution in [3.05, 3.63) is 30.3 Å². The molecule has 0 radical (unpaired) electrons. The number of halogens is 1. The van der Waals surface area contributed by atoms with Crippen LogP contribution in [0.3, 0.4) is 0 Å². The zero-order valence-corrected chi connectivity index (χ0v) is 11.0. The highest BCUT2D eigenvalue weighted by Gasteiger charge is 2.24. The van der Waals surface area contributed by atoms with E-state index >= 15 is 0 Å².